The molecule has 2 aromatic heterocycles. The molecule has 0 aliphatic carbocycles. The summed E-state index contributed by atoms with van der Waals surface area (Å²) < 4.78 is 51.6. The first-order valence-electron chi connectivity index (χ1n) is 15.1. The highest BCUT2D eigenvalue weighted by atomic mass is 19.4. The molecule has 260 valence electrons. The Hall–Kier alpha value is -4.93. The van der Waals surface area contributed by atoms with Crippen LogP contribution in [0.3, 0.4) is 0 Å². The summed E-state index contributed by atoms with van der Waals surface area (Å²) in [5, 5.41) is 2.54. The van der Waals surface area contributed by atoms with Crippen molar-refractivity contribution in [1.29, 1.82) is 0 Å². The van der Waals surface area contributed by atoms with Crippen LogP contribution in [0.2, 0.25) is 0 Å². The molecule has 0 bridgehead atoms. The van der Waals surface area contributed by atoms with Gasteiger partial charge in [0, 0.05) is 37.3 Å². The Balaban J connectivity index is 1.79. The third-order valence-corrected chi connectivity index (χ3v) is 6.54. The predicted octanol–water partition coefficient (Wildman–Crippen LogP) is 3.39. The maximum atomic E-state index is 13.6. The van der Waals surface area contributed by atoms with E-state index >= 15 is 0 Å². The normalized spacial score (nSPS) is 12.4. The SMILES string of the molecule is CCCOCCCC(=O)CC[C@H](NC(=O)c1ccc(N(Cc2cnc3nc(N)[nH]c(=O)c3n2)C(=O)C(F)(F)F)cc1)C(=O)OC(C)(C)C. The molecule has 1 aromatic carbocycles. The van der Waals surface area contributed by atoms with Crippen LogP contribution in [0.25, 0.3) is 11.2 Å². The quantitative estimate of drug-likeness (QED) is 0.157. The van der Waals surface area contributed by atoms with E-state index in [2.05, 4.69) is 25.3 Å². The molecule has 3 rings (SSSR count). The number of carbonyl (C=O) groups is 4. The molecule has 0 spiro atoms. The predicted molar refractivity (Wildman–Crippen MR) is 168 cm³/mol. The number of ether oxygens (including phenoxy) is 2. The second-order valence-corrected chi connectivity index (χ2v) is 11.8. The zero-order valence-corrected chi connectivity index (χ0v) is 27.0. The Labute approximate surface area is 273 Å². The summed E-state index contributed by atoms with van der Waals surface area (Å²) in [5.74, 6) is -4.13. The molecule has 0 radical (unpaired) electrons. The summed E-state index contributed by atoms with van der Waals surface area (Å²) in [4.78, 5) is 77.4. The van der Waals surface area contributed by atoms with Crippen LogP contribution in [0.4, 0.5) is 24.8 Å². The van der Waals surface area contributed by atoms with Crippen molar-refractivity contribution in [3.8, 4) is 0 Å². The number of aromatic nitrogens is 4. The van der Waals surface area contributed by atoms with E-state index in [-0.39, 0.29) is 59.1 Å². The minimum absolute atomic E-state index is 0.0155. The number of nitrogen functional groups attached to an aromatic ring is 1. The smallest absolute Gasteiger partial charge is 0.458 e. The van der Waals surface area contributed by atoms with E-state index in [0.717, 1.165) is 24.8 Å². The van der Waals surface area contributed by atoms with Gasteiger partial charge >= 0.3 is 18.1 Å². The van der Waals surface area contributed by atoms with Crippen LogP contribution in [0, 0.1) is 0 Å². The number of alkyl halides is 3. The molecule has 4 N–H and O–H groups in total. The van der Waals surface area contributed by atoms with E-state index < -0.39 is 47.7 Å². The third kappa shape index (κ3) is 11.1. The first-order valence-corrected chi connectivity index (χ1v) is 15.1. The van der Waals surface area contributed by atoms with Crippen LogP contribution in [-0.2, 0) is 30.4 Å². The molecule has 0 aliphatic rings. The summed E-state index contributed by atoms with van der Waals surface area (Å²) >= 11 is 0. The molecule has 2 heterocycles. The molecule has 48 heavy (non-hydrogen) atoms. The first kappa shape index (κ1) is 37.5. The highest BCUT2D eigenvalue weighted by Gasteiger charge is 2.43. The number of nitrogens with zero attached hydrogens (tertiary/aromatic N) is 4. The number of rotatable bonds is 15. The van der Waals surface area contributed by atoms with Crippen molar-refractivity contribution in [2.24, 2.45) is 0 Å². The van der Waals surface area contributed by atoms with E-state index in [1.54, 1.807) is 20.8 Å². The highest BCUT2D eigenvalue weighted by Crippen LogP contribution is 2.26. The van der Waals surface area contributed by atoms with Crippen molar-refractivity contribution in [3.05, 3.63) is 52.1 Å². The fourth-order valence-electron chi connectivity index (χ4n) is 4.35. The monoisotopic (exact) mass is 677 g/mol. The number of hydrogen-bond donors (Lipinski definition) is 3. The summed E-state index contributed by atoms with van der Waals surface area (Å²) in [6.45, 7) is 7.18. The summed E-state index contributed by atoms with van der Waals surface area (Å²) in [5.41, 5.74) is 2.91. The van der Waals surface area contributed by atoms with Gasteiger partial charge in [-0.25, -0.2) is 14.8 Å². The van der Waals surface area contributed by atoms with Gasteiger partial charge in [0.05, 0.1) is 18.4 Å². The Morgan fingerprint density at radius 2 is 1.73 bits per heavy atom. The number of hydrogen-bond acceptors (Lipinski definition) is 11. The number of benzene rings is 1. The molecular weight excluding hydrogens is 639 g/mol. The van der Waals surface area contributed by atoms with Crippen molar-refractivity contribution in [3.63, 3.8) is 0 Å². The molecule has 1 atom stereocenters. The average Bonchev–Trinajstić information content (AvgIpc) is 3.00. The van der Waals surface area contributed by atoms with Crippen LogP contribution >= 0.6 is 0 Å². The van der Waals surface area contributed by atoms with Crippen molar-refractivity contribution in [2.45, 2.75) is 84.2 Å². The van der Waals surface area contributed by atoms with Gasteiger partial charge in [0.2, 0.25) is 5.95 Å². The van der Waals surface area contributed by atoms with E-state index in [1.807, 2.05) is 6.92 Å². The number of H-pyrrole nitrogens is 1. The van der Waals surface area contributed by atoms with Crippen LogP contribution in [0.1, 0.15) is 75.9 Å². The fourth-order valence-corrected chi connectivity index (χ4v) is 4.35. The number of aromatic amines is 1. The minimum Gasteiger partial charge on any atom is -0.458 e. The third-order valence-electron chi connectivity index (χ3n) is 6.54. The van der Waals surface area contributed by atoms with Crippen molar-refractivity contribution < 1.29 is 41.8 Å². The summed E-state index contributed by atoms with van der Waals surface area (Å²) in [6, 6.07) is 3.35. The van der Waals surface area contributed by atoms with Crippen LogP contribution in [0.15, 0.2) is 35.3 Å². The molecular formula is C31H38F3N7O7. The second kappa shape index (κ2) is 16.3. The lowest BCUT2D eigenvalue weighted by Gasteiger charge is -2.25. The molecule has 3 aromatic rings. The Morgan fingerprint density at radius 1 is 1.04 bits per heavy atom. The van der Waals surface area contributed by atoms with Gasteiger partial charge in [-0.1, -0.05) is 6.92 Å². The zero-order valence-electron chi connectivity index (χ0n) is 27.0. The maximum absolute atomic E-state index is 13.6. The van der Waals surface area contributed by atoms with Crippen molar-refractivity contribution in [2.75, 3.05) is 23.8 Å². The highest BCUT2D eigenvalue weighted by molar-refractivity contribution is 5.99. The first-order chi connectivity index (χ1) is 22.5. The van der Waals surface area contributed by atoms with Gasteiger partial charge in [-0.2, -0.15) is 18.2 Å². The van der Waals surface area contributed by atoms with E-state index in [1.165, 1.54) is 12.1 Å². The minimum atomic E-state index is -5.28. The molecule has 0 saturated carbocycles. The van der Waals surface area contributed by atoms with Gasteiger partial charge in [0.15, 0.2) is 11.2 Å². The van der Waals surface area contributed by atoms with Gasteiger partial charge in [0.1, 0.15) is 17.4 Å². The number of fused-ring (bicyclic) bond motifs is 1. The van der Waals surface area contributed by atoms with E-state index in [0.29, 0.717) is 24.5 Å². The van der Waals surface area contributed by atoms with E-state index in [4.69, 9.17) is 15.2 Å². The fraction of sp³-hybridized carbons (Fsp3) is 0.484. The average molecular weight is 678 g/mol. The largest absolute Gasteiger partial charge is 0.471 e. The number of nitrogens with one attached hydrogen (secondary N) is 2. The number of ketones is 1. The molecule has 2 amide bonds. The van der Waals surface area contributed by atoms with Gasteiger partial charge in [0.25, 0.3) is 11.5 Å². The van der Waals surface area contributed by atoms with Gasteiger partial charge in [-0.05, 0) is 64.3 Å². The molecule has 0 saturated heterocycles. The lowest BCUT2D eigenvalue weighted by atomic mass is 10.0. The number of carbonyl (C=O) groups excluding carboxylic acids is 4. The van der Waals surface area contributed by atoms with Crippen LogP contribution < -0.4 is 21.5 Å². The maximum Gasteiger partial charge on any atom is 0.471 e. The number of Topliss-reactive ketones (excluding diaryl/α,β-unsaturated/α-hetero) is 1. The molecule has 0 aliphatic heterocycles. The number of amides is 2. The number of anilines is 2. The number of nitrogens with two attached hydrogens (primary N) is 1. The summed E-state index contributed by atoms with van der Waals surface area (Å²) in [6.07, 6.45) is -2.68. The Kier molecular flexibility index (Phi) is 12.7. The topological polar surface area (TPSA) is 200 Å². The standard InChI is InChI=1S/C31H38F3N7O7/c1-5-14-47-15-6-7-21(42)12-13-22(27(45)48-30(2,3)4)38-25(43)18-8-10-20(11-9-18)41(28(46)31(32,33)34)17-19-16-36-24-23(37-19)26(44)40-29(35)39-24/h8-11,16,22H,5-7,12-15,17H2,1-4H3,(H,38,43)(H3,35,36,39,40,44)/t22-/m0/s1. The van der Waals surface area contributed by atoms with Gasteiger partial charge in [-0.3, -0.25) is 29.1 Å². The van der Waals surface area contributed by atoms with Gasteiger partial charge in [-0.15, -0.1) is 0 Å². The lowest BCUT2D eigenvalue weighted by molar-refractivity contribution is -0.170. The van der Waals surface area contributed by atoms with Gasteiger partial charge < -0.3 is 20.5 Å². The molecule has 14 nitrogen and oxygen atoms in total. The van der Waals surface area contributed by atoms with Crippen molar-refractivity contribution >= 4 is 46.4 Å². The van der Waals surface area contributed by atoms with Crippen LogP contribution in [0.5, 0.6) is 0 Å². The van der Waals surface area contributed by atoms with Crippen molar-refractivity contribution in [1.82, 2.24) is 25.3 Å². The summed E-state index contributed by atoms with van der Waals surface area (Å²) in [7, 11) is 0. The van der Waals surface area contributed by atoms with E-state index in [9.17, 15) is 37.1 Å². The lowest BCUT2D eigenvalue weighted by Crippen LogP contribution is -2.44. The second-order valence-electron chi connectivity index (χ2n) is 11.8. The molecule has 0 unspecified atom stereocenters. The Bertz CT molecular complexity index is 1670. The number of halogens is 3. The Morgan fingerprint density at radius 3 is 2.35 bits per heavy atom. The molecule has 0 fully saturated rings. The number of esters is 1. The molecule has 17 heteroatoms. The van der Waals surface area contributed by atoms with Crippen LogP contribution in [-0.4, -0.2) is 74.5 Å². The zero-order chi connectivity index (χ0) is 35.6.